The fraction of sp³-hybridized carbons (Fsp3) is 0.310. The first-order valence-electron chi connectivity index (χ1n) is 12.6. The summed E-state index contributed by atoms with van der Waals surface area (Å²) in [5.41, 5.74) is 0.389. The number of nitrogens with zero attached hydrogens (tertiary/aromatic N) is 2. The smallest absolute Gasteiger partial charge is 0.264 e. The maximum Gasteiger partial charge on any atom is 0.264 e. The van der Waals surface area contributed by atoms with Crippen molar-refractivity contribution in [1.82, 2.24) is 10.2 Å². The largest absolute Gasteiger partial charge is 0.350 e. The number of nitrogens with one attached hydrogen (secondary N) is 1. The Kier molecular flexibility index (Phi) is 10.5. The van der Waals surface area contributed by atoms with Crippen LogP contribution in [0.15, 0.2) is 77.7 Å². The molecule has 0 bridgehead atoms. The number of amides is 2. The first-order chi connectivity index (χ1) is 18.7. The number of hydrogen-bond donors (Lipinski definition) is 1. The van der Waals surface area contributed by atoms with Crippen molar-refractivity contribution in [2.24, 2.45) is 0 Å². The zero-order valence-electron chi connectivity index (χ0n) is 22.7. The number of anilines is 1. The minimum absolute atomic E-state index is 0.00934. The summed E-state index contributed by atoms with van der Waals surface area (Å²) >= 11 is 18.3. The Morgan fingerprint density at radius 2 is 1.52 bits per heavy atom. The molecule has 0 aliphatic rings. The van der Waals surface area contributed by atoms with Gasteiger partial charge in [-0.15, -0.1) is 0 Å². The van der Waals surface area contributed by atoms with E-state index in [1.54, 1.807) is 55.5 Å². The summed E-state index contributed by atoms with van der Waals surface area (Å²) in [6.07, 6.45) is 0.296. The molecule has 3 aromatic carbocycles. The first-order valence-corrected chi connectivity index (χ1v) is 15.2. The summed E-state index contributed by atoms with van der Waals surface area (Å²) < 4.78 is 28.6. The van der Waals surface area contributed by atoms with E-state index in [0.29, 0.717) is 32.7 Å². The molecule has 2 amide bonds. The molecule has 3 aromatic rings. The molecule has 0 aromatic heterocycles. The quantitative estimate of drug-likeness (QED) is 0.277. The van der Waals surface area contributed by atoms with E-state index in [-0.39, 0.29) is 17.3 Å². The molecule has 0 aliphatic heterocycles. The van der Waals surface area contributed by atoms with Crippen molar-refractivity contribution in [3.63, 3.8) is 0 Å². The topological polar surface area (TPSA) is 86.8 Å². The van der Waals surface area contributed by atoms with E-state index in [9.17, 15) is 18.0 Å². The molecule has 0 saturated carbocycles. The summed E-state index contributed by atoms with van der Waals surface area (Å²) in [6, 6.07) is 18.1. The number of hydrogen-bond acceptors (Lipinski definition) is 4. The average molecular weight is 625 g/mol. The van der Waals surface area contributed by atoms with Gasteiger partial charge in [-0.2, -0.15) is 0 Å². The van der Waals surface area contributed by atoms with Crippen LogP contribution in [-0.4, -0.2) is 43.3 Å². The van der Waals surface area contributed by atoms with Crippen LogP contribution in [0.25, 0.3) is 0 Å². The van der Waals surface area contributed by atoms with Crippen LogP contribution in [0.5, 0.6) is 0 Å². The molecule has 214 valence electrons. The minimum atomic E-state index is -4.18. The van der Waals surface area contributed by atoms with Crippen LogP contribution < -0.4 is 9.62 Å². The van der Waals surface area contributed by atoms with Crippen molar-refractivity contribution in [3.8, 4) is 0 Å². The molecular weight excluding hydrogens is 593 g/mol. The number of rotatable bonds is 10. The van der Waals surface area contributed by atoms with Crippen LogP contribution in [-0.2, 0) is 26.2 Å². The Hall–Kier alpha value is -2.78. The molecule has 0 saturated heterocycles. The molecule has 3 rings (SSSR count). The number of carbonyl (C=O) groups is 2. The highest BCUT2D eigenvalue weighted by Crippen LogP contribution is 2.27. The van der Waals surface area contributed by atoms with E-state index >= 15 is 0 Å². The zero-order valence-corrected chi connectivity index (χ0v) is 25.8. The van der Waals surface area contributed by atoms with Gasteiger partial charge in [-0.25, -0.2) is 8.42 Å². The summed E-state index contributed by atoms with van der Waals surface area (Å²) in [4.78, 5) is 28.8. The van der Waals surface area contributed by atoms with Crippen LogP contribution >= 0.6 is 34.8 Å². The molecule has 1 atom stereocenters. The molecule has 0 aliphatic carbocycles. The third kappa shape index (κ3) is 8.13. The number of carbonyl (C=O) groups excluding carboxylic acids is 2. The third-order valence-electron chi connectivity index (χ3n) is 5.95. The van der Waals surface area contributed by atoms with Gasteiger partial charge in [0.2, 0.25) is 11.8 Å². The molecule has 40 heavy (non-hydrogen) atoms. The van der Waals surface area contributed by atoms with Crippen LogP contribution in [0, 0.1) is 0 Å². The van der Waals surface area contributed by atoms with Crippen LogP contribution in [0.1, 0.15) is 39.7 Å². The highest BCUT2D eigenvalue weighted by atomic mass is 35.5. The van der Waals surface area contributed by atoms with E-state index in [4.69, 9.17) is 34.8 Å². The minimum Gasteiger partial charge on any atom is -0.350 e. The van der Waals surface area contributed by atoms with E-state index in [2.05, 4.69) is 5.32 Å². The lowest BCUT2D eigenvalue weighted by Crippen LogP contribution is -2.55. The summed E-state index contributed by atoms with van der Waals surface area (Å²) in [6.45, 7) is 6.79. The van der Waals surface area contributed by atoms with Gasteiger partial charge in [0.25, 0.3) is 10.0 Å². The highest BCUT2D eigenvalue weighted by Gasteiger charge is 2.34. The maximum absolute atomic E-state index is 14.0. The fourth-order valence-electron chi connectivity index (χ4n) is 4.06. The van der Waals surface area contributed by atoms with Crippen LogP contribution in [0.4, 0.5) is 5.69 Å². The van der Waals surface area contributed by atoms with Gasteiger partial charge < -0.3 is 10.2 Å². The lowest BCUT2D eigenvalue weighted by atomic mass is 10.1. The number of sulfonamides is 1. The van der Waals surface area contributed by atoms with Gasteiger partial charge in [0.1, 0.15) is 12.6 Å². The first kappa shape index (κ1) is 31.7. The van der Waals surface area contributed by atoms with Crippen molar-refractivity contribution in [2.75, 3.05) is 10.8 Å². The predicted octanol–water partition coefficient (Wildman–Crippen LogP) is 6.56. The fourth-order valence-corrected chi connectivity index (χ4v) is 5.92. The molecule has 0 spiro atoms. The normalized spacial score (nSPS) is 12.5. The Labute approximate surface area is 251 Å². The summed E-state index contributed by atoms with van der Waals surface area (Å²) in [5.74, 6) is -0.918. The van der Waals surface area contributed by atoms with Gasteiger partial charge in [0.05, 0.1) is 20.6 Å². The van der Waals surface area contributed by atoms with E-state index in [1.165, 1.54) is 29.2 Å². The average Bonchev–Trinajstić information content (AvgIpc) is 2.88. The Morgan fingerprint density at radius 1 is 0.900 bits per heavy atom. The lowest BCUT2D eigenvalue weighted by molar-refractivity contribution is -0.141. The number of para-hydroxylation sites is 1. The Morgan fingerprint density at radius 3 is 2.08 bits per heavy atom. The summed E-state index contributed by atoms with van der Waals surface area (Å²) in [7, 11) is -4.18. The lowest BCUT2D eigenvalue weighted by Gasteiger charge is -2.34. The second-order valence-electron chi connectivity index (χ2n) is 10.2. The monoisotopic (exact) mass is 623 g/mol. The van der Waals surface area contributed by atoms with Gasteiger partial charge >= 0.3 is 0 Å². The molecular formula is C29H32Cl3N3O4S. The molecule has 0 unspecified atom stereocenters. The highest BCUT2D eigenvalue weighted by molar-refractivity contribution is 7.92. The van der Waals surface area contributed by atoms with Gasteiger partial charge in [-0.05, 0) is 81.3 Å². The van der Waals surface area contributed by atoms with Gasteiger partial charge in [-0.3, -0.25) is 13.9 Å². The van der Waals surface area contributed by atoms with Gasteiger partial charge in [-0.1, -0.05) is 66.0 Å². The molecule has 7 nitrogen and oxygen atoms in total. The van der Waals surface area contributed by atoms with Gasteiger partial charge in [0, 0.05) is 17.1 Å². The number of halogens is 3. The molecule has 0 heterocycles. The second kappa shape index (κ2) is 13.3. The molecule has 0 fully saturated rings. The Bertz CT molecular complexity index is 1440. The van der Waals surface area contributed by atoms with Crippen LogP contribution in [0.3, 0.4) is 0 Å². The van der Waals surface area contributed by atoms with Crippen LogP contribution in [0.2, 0.25) is 15.1 Å². The number of benzene rings is 3. The molecule has 1 N–H and O–H groups in total. The SMILES string of the molecule is CC[C@H](C(=O)NC(C)(C)C)N(Cc1ccc(Cl)c(Cl)c1)C(=O)CN(c1ccccc1)S(=O)(=O)c1ccc(Cl)cc1. The second-order valence-corrected chi connectivity index (χ2v) is 13.3. The third-order valence-corrected chi connectivity index (χ3v) is 8.72. The Balaban J connectivity index is 2.06. The van der Waals surface area contributed by atoms with Crippen molar-refractivity contribution in [3.05, 3.63) is 93.4 Å². The molecule has 0 radical (unpaired) electrons. The zero-order chi connectivity index (χ0) is 29.7. The van der Waals surface area contributed by atoms with E-state index in [1.807, 2.05) is 20.8 Å². The maximum atomic E-state index is 14.0. The molecule has 11 heteroatoms. The van der Waals surface area contributed by atoms with Crippen molar-refractivity contribution in [1.29, 1.82) is 0 Å². The van der Waals surface area contributed by atoms with Gasteiger partial charge in [0.15, 0.2) is 0 Å². The standard InChI is InChI=1S/C29H32Cl3N3O4S/c1-5-26(28(37)33-29(2,3)4)34(18-20-11-16-24(31)25(32)17-20)27(36)19-35(22-9-7-6-8-10-22)40(38,39)23-14-12-21(30)13-15-23/h6-17,26H,5,18-19H2,1-4H3,(H,33,37)/t26-/m1/s1. The van der Waals surface area contributed by atoms with Crippen molar-refractivity contribution < 1.29 is 18.0 Å². The predicted molar refractivity (Wildman–Crippen MR) is 161 cm³/mol. The van der Waals surface area contributed by atoms with E-state index < -0.39 is 34.1 Å². The van der Waals surface area contributed by atoms with Crippen molar-refractivity contribution >= 4 is 62.3 Å². The summed E-state index contributed by atoms with van der Waals surface area (Å²) in [5, 5.41) is 3.97. The van der Waals surface area contributed by atoms with Crippen molar-refractivity contribution in [2.45, 2.75) is 57.1 Å². The van der Waals surface area contributed by atoms with E-state index in [0.717, 1.165) is 4.31 Å².